The fourth-order valence-corrected chi connectivity index (χ4v) is 1.55. The van der Waals surface area contributed by atoms with Crippen molar-refractivity contribution in [1.29, 1.82) is 0 Å². The zero-order chi connectivity index (χ0) is 14.8. The van der Waals surface area contributed by atoms with Crippen molar-refractivity contribution in [1.82, 2.24) is 10.6 Å². The maximum Gasteiger partial charge on any atom is 0.251 e. The summed E-state index contributed by atoms with van der Waals surface area (Å²) in [6.07, 6.45) is -0.555. The van der Waals surface area contributed by atoms with Crippen LogP contribution in [0.2, 0.25) is 0 Å². The number of nitrogens with one attached hydrogen (secondary N) is 2. The number of aliphatic hydroxyl groups is 1. The fraction of sp³-hybridized carbons (Fsp3) is 0.429. The Labute approximate surface area is 118 Å². The average molecular weight is 280 g/mol. The molecule has 1 rings (SSSR count). The van der Waals surface area contributed by atoms with Crippen LogP contribution in [0.15, 0.2) is 30.3 Å². The normalized spacial score (nSPS) is 11.7. The van der Waals surface area contributed by atoms with E-state index in [1.54, 1.807) is 24.3 Å². The summed E-state index contributed by atoms with van der Waals surface area (Å²) >= 11 is 0. The highest BCUT2D eigenvalue weighted by atomic mass is 16.5. The number of amides is 2. The van der Waals surface area contributed by atoms with Gasteiger partial charge in [-0.05, 0) is 12.1 Å². The second kappa shape index (κ2) is 9.06. The number of carbonyl (C=O) groups excluding carboxylic acids is 2. The summed E-state index contributed by atoms with van der Waals surface area (Å²) in [6.45, 7) is 0.560. The quantitative estimate of drug-likeness (QED) is 0.622. The van der Waals surface area contributed by atoms with E-state index in [1.807, 2.05) is 6.07 Å². The molecule has 0 fully saturated rings. The summed E-state index contributed by atoms with van der Waals surface area (Å²) in [7, 11) is 1.48. The van der Waals surface area contributed by atoms with Crippen molar-refractivity contribution >= 4 is 11.8 Å². The number of rotatable bonds is 8. The number of benzene rings is 1. The van der Waals surface area contributed by atoms with Crippen LogP contribution in [0.5, 0.6) is 0 Å². The average Bonchev–Trinajstić information content (AvgIpc) is 2.46. The monoisotopic (exact) mass is 280 g/mol. The zero-order valence-electron chi connectivity index (χ0n) is 11.5. The standard InChI is InChI=1S/C14H20N2O4/c1-20-10-12(17)9-16-13(18)7-8-15-14(19)11-5-3-2-4-6-11/h2-6,12,17H,7-10H2,1H3,(H,15,19)(H,16,18). The maximum absolute atomic E-state index is 11.7. The Hall–Kier alpha value is -1.92. The van der Waals surface area contributed by atoms with Gasteiger partial charge >= 0.3 is 0 Å². The molecule has 0 saturated carbocycles. The molecule has 0 saturated heterocycles. The molecule has 1 unspecified atom stereocenters. The van der Waals surface area contributed by atoms with Crippen LogP contribution >= 0.6 is 0 Å². The molecule has 0 aliphatic heterocycles. The molecule has 1 atom stereocenters. The highest BCUT2D eigenvalue weighted by Gasteiger charge is 2.08. The van der Waals surface area contributed by atoms with Crippen LogP contribution in [0.4, 0.5) is 0 Å². The second-order valence-corrected chi connectivity index (χ2v) is 4.29. The van der Waals surface area contributed by atoms with E-state index in [0.29, 0.717) is 5.56 Å². The molecule has 1 aromatic carbocycles. The minimum atomic E-state index is -0.720. The molecule has 6 heteroatoms. The SMILES string of the molecule is COCC(O)CNC(=O)CCNC(=O)c1ccccc1. The highest BCUT2D eigenvalue weighted by molar-refractivity contribution is 5.94. The number of hydrogen-bond acceptors (Lipinski definition) is 4. The first-order valence-electron chi connectivity index (χ1n) is 6.40. The van der Waals surface area contributed by atoms with Crippen molar-refractivity contribution < 1.29 is 19.4 Å². The molecule has 0 aliphatic carbocycles. The van der Waals surface area contributed by atoms with Gasteiger partial charge in [0.1, 0.15) is 0 Å². The largest absolute Gasteiger partial charge is 0.389 e. The summed E-state index contributed by atoms with van der Waals surface area (Å²) in [4.78, 5) is 23.1. The lowest BCUT2D eigenvalue weighted by Crippen LogP contribution is -2.36. The number of ether oxygens (including phenoxy) is 1. The van der Waals surface area contributed by atoms with Crippen LogP contribution in [-0.4, -0.2) is 49.8 Å². The van der Waals surface area contributed by atoms with E-state index in [9.17, 15) is 14.7 Å². The van der Waals surface area contributed by atoms with Gasteiger partial charge in [0.15, 0.2) is 0 Å². The molecule has 0 radical (unpaired) electrons. The lowest BCUT2D eigenvalue weighted by atomic mass is 10.2. The molecule has 0 spiro atoms. The molecule has 0 aromatic heterocycles. The molecule has 0 aliphatic rings. The van der Waals surface area contributed by atoms with Crippen LogP contribution < -0.4 is 10.6 Å². The number of aliphatic hydroxyl groups excluding tert-OH is 1. The van der Waals surface area contributed by atoms with Crippen LogP contribution in [0.3, 0.4) is 0 Å². The molecule has 1 aromatic rings. The first-order chi connectivity index (χ1) is 9.63. The Balaban J connectivity index is 2.17. The van der Waals surface area contributed by atoms with Crippen molar-refractivity contribution in [3.05, 3.63) is 35.9 Å². The molecule has 0 bridgehead atoms. The van der Waals surface area contributed by atoms with Crippen molar-refractivity contribution in [3.63, 3.8) is 0 Å². The first kappa shape index (κ1) is 16.1. The van der Waals surface area contributed by atoms with Gasteiger partial charge in [0, 0.05) is 32.2 Å². The van der Waals surface area contributed by atoms with E-state index in [4.69, 9.17) is 4.74 Å². The van der Waals surface area contributed by atoms with E-state index >= 15 is 0 Å². The molecule has 110 valence electrons. The van der Waals surface area contributed by atoms with Crippen molar-refractivity contribution in [3.8, 4) is 0 Å². The van der Waals surface area contributed by atoms with Crippen molar-refractivity contribution in [2.45, 2.75) is 12.5 Å². The molecular formula is C14H20N2O4. The minimum Gasteiger partial charge on any atom is -0.389 e. The van der Waals surface area contributed by atoms with Crippen LogP contribution in [0.1, 0.15) is 16.8 Å². The smallest absolute Gasteiger partial charge is 0.251 e. The van der Waals surface area contributed by atoms with Gasteiger partial charge in [0.05, 0.1) is 12.7 Å². The zero-order valence-corrected chi connectivity index (χ0v) is 11.5. The number of carbonyl (C=O) groups is 2. The molecule has 3 N–H and O–H groups in total. The predicted octanol–water partition coefficient (Wildman–Crippen LogP) is -0.0700. The van der Waals surface area contributed by atoms with Gasteiger partial charge in [-0.2, -0.15) is 0 Å². The van der Waals surface area contributed by atoms with E-state index in [-0.39, 0.29) is 37.9 Å². The third kappa shape index (κ3) is 6.31. The molecule has 0 heterocycles. The van der Waals surface area contributed by atoms with Gasteiger partial charge in [-0.3, -0.25) is 9.59 Å². The number of hydrogen-bond donors (Lipinski definition) is 3. The summed E-state index contributed by atoms with van der Waals surface area (Å²) in [5.74, 6) is -0.439. The van der Waals surface area contributed by atoms with E-state index < -0.39 is 6.10 Å². The minimum absolute atomic E-state index is 0.138. The fourth-order valence-electron chi connectivity index (χ4n) is 1.55. The van der Waals surface area contributed by atoms with Crippen LogP contribution in [0.25, 0.3) is 0 Å². The maximum atomic E-state index is 11.7. The Morgan fingerprint density at radius 1 is 1.25 bits per heavy atom. The van der Waals surface area contributed by atoms with Gasteiger partial charge in [0.2, 0.25) is 5.91 Å². The van der Waals surface area contributed by atoms with Crippen LogP contribution in [-0.2, 0) is 9.53 Å². The van der Waals surface area contributed by atoms with Gasteiger partial charge in [-0.25, -0.2) is 0 Å². The molecule has 2 amide bonds. The van der Waals surface area contributed by atoms with E-state index in [2.05, 4.69) is 10.6 Å². The van der Waals surface area contributed by atoms with Gasteiger partial charge < -0.3 is 20.5 Å². The topological polar surface area (TPSA) is 87.7 Å². The third-order valence-electron chi connectivity index (χ3n) is 2.57. The van der Waals surface area contributed by atoms with Gasteiger partial charge in [-0.15, -0.1) is 0 Å². The highest BCUT2D eigenvalue weighted by Crippen LogP contribution is 1.97. The van der Waals surface area contributed by atoms with Gasteiger partial charge in [0.25, 0.3) is 5.91 Å². The molecule has 6 nitrogen and oxygen atoms in total. The van der Waals surface area contributed by atoms with E-state index in [1.165, 1.54) is 7.11 Å². The Kier molecular flexibility index (Phi) is 7.31. The summed E-state index contributed by atoms with van der Waals surface area (Å²) in [6, 6.07) is 8.79. The van der Waals surface area contributed by atoms with Gasteiger partial charge in [-0.1, -0.05) is 18.2 Å². The third-order valence-corrected chi connectivity index (χ3v) is 2.57. The summed E-state index contributed by atoms with van der Waals surface area (Å²) < 4.78 is 4.74. The Morgan fingerprint density at radius 2 is 1.95 bits per heavy atom. The number of methoxy groups -OCH3 is 1. The Morgan fingerprint density at radius 3 is 2.60 bits per heavy atom. The van der Waals surface area contributed by atoms with Crippen molar-refractivity contribution in [2.75, 3.05) is 26.8 Å². The molecular weight excluding hydrogens is 260 g/mol. The summed E-state index contributed by atoms with van der Waals surface area (Å²) in [5, 5.41) is 14.6. The lowest BCUT2D eigenvalue weighted by molar-refractivity contribution is -0.121. The Bertz CT molecular complexity index is 422. The second-order valence-electron chi connectivity index (χ2n) is 4.29. The molecule has 20 heavy (non-hydrogen) atoms. The van der Waals surface area contributed by atoms with Crippen LogP contribution in [0, 0.1) is 0 Å². The summed E-state index contributed by atoms with van der Waals surface area (Å²) in [5.41, 5.74) is 0.559. The predicted molar refractivity (Wildman–Crippen MR) is 74.3 cm³/mol. The lowest BCUT2D eigenvalue weighted by Gasteiger charge is -2.11. The first-order valence-corrected chi connectivity index (χ1v) is 6.40. The van der Waals surface area contributed by atoms with Crippen molar-refractivity contribution in [2.24, 2.45) is 0 Å². The van der Waals surface area contributed by atoms with E-state index in [0.717, 1.165) is 0 Å².